The van der Waals surface area contributed by atoms with Crippen molar-refractivity contribution in [1.29, 1.82) is 5.26 Å². The van der Waals surface area contributed by atoms with Gasteiger partial charge in [0.15, 0.2) is 0 Å². The second-order valence-electron chi connectivity index (χ2n) is 10.2. The van der Waals surface area contributed by atoms with Crippen molar-refractivity contribution in [2.45, 2.75) is 63.9 Å². The van der Waals surface area contributed by atoms with E-state index in [4.69, 9.17) is 9.47 Å². The fourth-order valence-electron chi connectivity index (χ4n) is 4.56. The fraction of sp³-hybridized carbons (Fsp3) is 0.423. The normalized spacial score (nSPS) is 17.5. The van der Waals surface area contributed by atoms with Crippen molar-refractivity contribution in [2.75, 3.05) is 12.4 Å². The molecule has 1 fully saturated rings. The average Bonchev–Trinajstić information content (AvgIpc) is 3.47. The van der Waals surface area contributed by atoms with Crippen molar-refractivity contribution in [2.24, 2.45) is 0 Å². The van der Waals surface area contributed by atoms with Crippen molar-refractivity contribution in [3.8, 4) is 17.3 Å². The van der Waals surface area contributed by atoms with Crippen LogP contribution in [0.3, 0.4) is 0 Å². The highest BCUT2D eigenvalue weighted by Crippen LogP contribution is 2.39. The van der Waals surface area contributed by atoms with Crippen molar-refractivity contribution in [3.05, 3.63) is 41.2 Å². The van der Waals surface area contributed by atoms with Crippen LogP contribution in [0.25, 0.3) is 22.2 Å². The second-order valence-corrected chi connectivity index (χ2v) is 10.2. The van der Waals surface area contributed by atoms with E-state index in [1.165, 1.54) is 25.4 Å². The quantitative estimate of drug-likeness (QED) is 0.374. The number of carbonyl (C=O) groups is 2. The number of aromatic nitrogens is 3. The number of hydrogen-bond acceptors (Lipinski definition) is 8. The zero-order chi connectivity index (χ0) is 28.5. The third-order valence-electron chi connectivity index (χ3n) is 6.21. The van der Waals surface area contributed by atoms with E-state index in [0.717, 1.165) is 0 Å². The van der Waals surface area contributed by atoms with Gasteiger partial charge in [-0.1, -0.05) is 6.07 Å². The van der Waals surface area contributed by atoms with Gasteiger partial charge in [0.25, 0.3) is 0 Å². The Morgan fingerprint density at radius 1 is 1.18 bits per heavy atom. The predicted octanol–water partition coefficient (Wildman–Crippen LogP) is 5.16. The summed E-state index contributed by atoms with van der Waals surface area (Å²) in [4.78, 5) is 35.1. The molecule has 4 rings (SSSR count). The highest BCUT2D eigenvalue weighted by molar-refractivity contribution is 6.04. The molecule has 0 unspecified atom stereocenters. The molecule has 39 heavy (non-hydrogen) atoms. The molecule has 13 heteroatoms. The number of nitrogens with one attached hydrogen (secondary N) is 3. The zero-order valence-corrected chi connectivity index (χ0v) is 21.7. The molecule has 0 saturated heterocycles. The van der Waals surface area contributed by atoms with Crippen LogP contribution in [0.4, 0.5) is 23.9 Å². The van der Waals surface area contributed by atoms with Crippen molar-refractivity contribution >= 4 is 28.9 Å². The third-order valence-corrected chi connectivity index (χ3v) is 6.21. The zero-order valence-electron chi connectivity index (χ0n) is 21.7. The van der Waals surface area contributed by atoms with Crippen LogP contribution < -0.4 is 10.6 Å². The Morgan fingerprint density at radius 2 is 1.90 bits per heavy atom. The summed E-state index contributed by atoms with van der Waals surface area (Å²) in [7, 11) is 1.17. The Labute approximate surface area is 221 Å². The molecule has 0 spiro atoms. The number of nitrogens with zero attached hydrogens (tertiary/aromatic N) is 3. The van der Waals surface area contributed by atoms with Crippen molar-refractivity contribution in [3.63, 3.8) is 0 Å². The number of alkyl carbamates (subject to hydrolysis) is 1. The van der Waals surface area contributed by atoms with Gasteiger partial charge in [0, 0.05) is 35.4 Å². The van der Waals surface area contributed by atoms with Gasteiger partial charge in [0.2, 0.25) is 5.95 Å². The van der Waals surface area contributed by atoms with Gasteiger partial charge >= 0.3 is 18.2 Å². The van der Waals surface area contributed by atoms with E-state index in [2.05, 4.69) is 25.6 Å². The Bertz CT molecular complexity index is 1450. The lowest BCUT2D eigenvalue weighted by atomic mass is 10.0. The summed E-state index contributed by atoms with van der Waals surface area (Å²) in [6, 6.07) is 4.32. The standard InChI is InChI=1S/C26H27F3N6O4/c1-25(2,3)39-24(37)34-14-6-5-13(9-14)33-23-32-12-19(26(27,28)29)21(35-23)18-11-31-20-15(18)7-8-16(17(20)10-30)22(36)38-4/h7-8,11-14,31H,5-6,9H2,1-4H3,(H,34,37)(H,32,33,35)/t13-,14-/m0/s1. The van der Waals surface area contributed by atoms with Gasteiger partial charge < -0.3 is 25.1 Å². The molecule has 2 heterocycles. The van der Waals surface area contributed by atoms with E-state index < -0.39 is 29.4 Å². The number of fused-ring (bicyclic) bond motifs is 1. The van der Waals surface area contributed by atoms with Crippen LogP contribution in [-0.4, -0.2) is 51.8 Å². The van der Waals surface area contributed by atoms with Crippen LogP contribution in [0.2, 0.25) is 0 Å². The molecule has 206 valence electrons. The largest absolute Gasteiger partial charge is 0.465 e. The summed E-state index contributed by atoms with van der Waals surface area (Å²) >= 11 is 0. The number of benzene rings is 1. The Morgan fingerprint density at radius 3 is 2.54 bits per heavy atom. The summed E-state index contributed by atoms with van der Waals surface area (Å²) in [6.07, 6.45) is -1.48. The number of alkyl halides is 3. The molecule has 1 saturated carbocycles. The molecular formula is C26H27F3N6O4. The molecule has 0 radical (unpaired) electrons. The maximum atomic E-state index is 14.0. The molecule has 3 aromatic rings. The van der Waals surface area contributed by atoms with E-state index in [-0.39, 0.29) is 51.3 Å². The van der Waals surface area contributed by atoms with Crippen molar-refractivity contribution < 1.29 is 32.2 Å². The number of H-pyrrole nitrogens is 1. The lowest BCUT2D eigenvalue weighted by Crippen LogP contribution is -2.38. The number of carbonyl (C=O) groups excluding carboxylic acids is 2. The number of halogens is 3. The van der Waals surface area contributed by atoms with Gasteiger partial charge in [-0.2, -0.15) is 18.4 Å². The smallest absolute Gasteiger partial charge is 0.419 e. The predicted molar refractivity (Wildman–Crippen MR) is 135 cm³/mol. The SMILES string of the molecule is COC(=O)c1ccc2c(-c3nc(N[C@H]4CC[C@H](NC(=O)OC(C)(C)C)C4)ncc3C(F)(F)F)c[nH]c2c1C#N. The Balaban J connectivity index is 1.63. The van der Waals surface area contributed by atoms with Gasteiger partial charge in [-0.25, -0.2) is 19.6 Å². The molecule has 1 aromatic carbocycles. The first-order valence-corrected chi connectivity index (χ1v) is 12.1. The molecule has 1 aliphatic carbocycles. The minimum atomic E-state index is -4.75. The van der Waals surface area contributed by atoms with Crippen LogP contribution in [0.1, 0.15) is 61.5 Å². The van der Waals surface area contributed by atoms with Crippen LogP contribution in [0, 0.1) is 11.3 Å². The van der Waals surface area contributed by atoms with Crippen LogP contribution in [0.5, 0.6) is 0 Å². The number of aromatic amines is 1. The maximum absolute atomic E-state index is 14.0. The van der Waals surface area contributed by atoms with E-state index in [1.807, 2.05) is 6.07 Å². The highest BCUT2D eigenvalue weighted by atomic mass is 19.4. The molecule has 10 nitrogen and oxygen atoms in total. The lowest BCUT2D eigenvalue weighted by Gasteiger charge is -2.22. The summed E-state index contributed by atoms with van der Waals surface area (Å²) in [5.41, 5.74) is -1.88. The third kappa shape index (κ3) is 6.05. The first kappa shape index (κ1) is 27.7. The average molecular weight is 545 g/mol. The molecule has 1 amide bonds. The monoisotopic (exact) mass is 544 g/mol. The van der Waals surface area contributed by atoms with Gasteiger partial charge in [0.1, 0.15) is 17.2 Å². The molecule has 2 aromatic heterocycles. The first-order valence-electron chi connectivity index (χ1n) is 12.1. The number of amides is 1. The second kappa shape index (κ2) is 10.4. The molecule has 3 N–H and O–H groups in total. The van der Waals surface area contributed by atoms with Crippen LogP contribution in [0.15, 0.2) is 24.5 Å². The fourth-order valence-corrected chi connectivity index (χ4v) is 4.56. The number of rotatable bonds is 5. The summed E-state index contributed by atoms with van der Waals surface area (Å²) in [5, 5.41) is 15.8. The van der Waals surface area contributed by atoms with Crippen LogP contribution in [-0.2, 0) is 15.7 Å². The molecule has 0 aliphatic heterocycles. The molecular weight excluding hydrogens is 517 g/mol. The number of nitriles is 1. The molecule has 0 bridgehead atoms. The topological polar surface area (TPSA) is 142 Å². The minimum Gasteiger partial charge on any atom is -0.465 e. The number of esters is 1. The summed E-state index contributed by atoms with van der Waals surface area (Å²) in [6.45, 7) is 5.29. The number of ether oxygens (including phenoxy) is 2. The van der Waals surface area contributed by atoms with Crippen LogP contribution >= 0.6 is 0 Å². The summed E-state index contributed by atoms with van der Waals surface area (Å²) in [5.74, 6) is -0.757. The first-order chi connectivity index (χ1) is 18.3. The lowest BCUT2D eigenvalue weighted by molar-refractivity contribution is -0.137. The Hall–Kier alpha value is -4.34. The maximum Gasteiger partial charge on any atom is 0.419 e. The minimum absolute atomic E-state index is 0.0121. The number of anilines is 1. The summed E-state index contributed by atoms with van der Waals surface area (Å²) < 4.78 is 51.8. The van der Waals surface area contributed by atoms with E-state index >= 15 is 0 Å². The van der Waals surface area contributed by atoms with E-state index in [1.54, 1.807) is 20.8 Å². The van der Waals surface area contributed by atoms with Gasteiger partial charge in [-0.15, -0.1) is 0 Å². The number of methoxy groups -OCH3 is 1. The Kier molecular flexibility index (Phi) is 7.41. The molecule has 2 atom stereocenters. The highest BCUT2D eigenvalue weighted by Gasteiger charge is 2.37. The van der Waals surface area contributed by atoms with E-state index in [9.17, 15) is 28.0 Å². The van der Waals surface area contributed by atoms with Gasteiger partial charge in [-0.05, 0) is 46.1 Å². The number of hydrogen-bond donors (Lipinski definition) is 3. The van der Waals surface area contributed by atoms with E-state index in [0.29, 0.717) is 25.5 Å². The van der Waals surface area contributed by atoms with Gasteiger partial charge in [0.05, 0.1) is 29.4 Å². The van der Waals surface area contributed by atoms with Crippen molar-refractivity contribution in [1.82, 2.24) is 20.3 Å². The van der Waals surface area contributed by atoms with Gasteiger partial charge in [-0.3, -0.25) is 0 Å². The molecule has 1 aliphatic rings.